The van der Waals surface area contributed by atoms with Crippen LogP contribution in [-0.2, 0) is 0 Å². The molecule has 1 aromatic carbocycles. The molecule has 0 aliphatic heterocycles. The number of fused-ring (bicyclic) bond motifs is 1. The summed E-state index contributed by atoms with van der Waals surface area (Å²) >= 11 is 3.33. The van der Waals surface area contributed by atoms with Crippen LogP contribution >= 0.6 is 23.1 Å². The third-order valence-corrected chi connectivity index (χ3v) is 4.09. The topological polar surface area (TPSA) is 42.4 Å². The van der Waals surface area contributed by atoms with Gasteiger partial charge in [-0.25, -0.2) is 4.98 Å². The molecule has 0 unspecified atom stereocenters. The number of hydrogen-bond acceptors (Lipinski definition) is 5. The van der Waals surface area contributed by atoms with Gasteiger partial charge in [-0.1, -0.05) is 11.8 Å². The Morgan fingerprint density at radius 2 is 2.38 bits per heavy atom. The summed E-state index contributed by atoms with van der Waals surface area (Å²) < 4.78 is 7.73. The number of thioether (sulfide) groups is 1. The summed E-state index contributed by atoms with van der Waals surface area (Å²) in [7, 11) is 0. The molecule has 0 amide bonds. The zero-order valence-electron chi connectivity index (χ0n) is 8.97. The summed E-state index contributed by atoms with van der Waals surface area (Å²) in [5, 5.41) is 8.66. The molecule has 0 fully saturated rings. The first kappa shape index (κ1) is 11.7. The lowest BCUT2D eigenvalue weighted by molar-refractivity contribution is 0.234. The second-order valence-electron chi connectivity index (χ2n) is 3.24. The molecule has 0 aliphatic rings. The summed E-state index contributed by atoms with van der Waals surface area (Å²) in [6.45, 7) is 0.718. The zero-order valence-corrected chi connectivity index (χ0v) is 10.6. The van der Waals surface area contributed by atoms with Crippen molar-refractivity contribution in [1.82, 2.24) is 4.98 Å². The van der Waals surface area contributed by atoms with Crippen molar-refractivity contribution in [3.63, 3.8) is 0 Å². The lowest BCUT2D eigenvalue weighted by Crippen LogP contribution is -1.99. The van der Waals surface area contributed by atoms with Crippen LogP contribution in [0.15, 0.2) is 22.5 Å². The SMILES string of the molecule is CSc1nc2ccc(OCCCO)cc2s1. The molecule has 0 spiro atoms. The van der Waals surface area contributed by atoms with Crippen molar-refractivity contribution in [2.45, 2.75) is 10.8 Å². The van der Waals surface area contributed by atoms with Crippen molar-refractivity contribution in [3.05, 3.63) is 18.2 Å². The van der Waals surface area contributed by atoms with Gasteiger partial charge in [-0.2, -0.15) is 0 Å². The van der Waals surface area contributed by atoms with Gasteiger partial charge >= 0.3 is 0 Å². The van der Waals surface area contributed by atoms with E-state index < -0.39 is 0 Å². The minimum absolute atomic E-state index is 0.166. The smallest absolute Gasteiger partial charge is 0.150 e. The molecule has 0 atom stereocenters. The van der Waals surface area contributed by atoms with Crippen LogP contribution in [0.2, 0.25) is 0 Å². The van der Waals surface area contributed by atoms with Gasteiger partial charge < -0.3 is 9.84 Å². The van der Waals surface area contributed by atoms with Crippen molar-refractivity contribution in [3.8, 4) is 5.75 Å². The Balaban J connectivity index is 2.15. The maximum Gasteiger partial charge on any atom is 0.150 e. The number of hydrogen-bond donors (Lipinski definition) is 1. The van der Waals surface area contributed by atoms with E-state index in [0.29, 0.717) is 13.0 Å². The van der Waals surface area contributed by atoms with Gasteiger partial charge in [0.05, 0.1) is 16.8 Å². The van der Waals surface area contributed by atoms with Crippen molar-refractivity contribution in [2.75, 3.05) is 19.5 Å². The van der Waals surface area contributed by atoms with Crippen LogP contribution in [0.25, 0.3) is 10.2 Å². The molecule has 0 radical (unpaired) electrons. The molecular formula is C11H13NO2S2. The number of aromatic nitrogens is 1. The molecule has 0 saturated carbocycles. The third-order valence-electron chi connectivity index (χ3n) is 2.09. The van der Waals surface area contributed by atoms with Crippen LogP contribution in [0.3, 0.4) is 0 Å². The molecule has 0 aliphatic carbocycles. The van der Waals surface area contributed by atoms with Gasteiger partial charge in [0.1, 0.15) is 5.75 Å². The highest BCUT2D eigenvalue weighted by atomic mass is 32.2. The Labute approximate surface area is 102 Å². The normalized spacial score (nSPS) is 10.9. The Morgan fingerprint density at radius 1 is 1.50 bits per heavy atom. The van der Waals surface area contributed by atoms with Crippen LogP contribution in [0.5, 0.6) is 5.75 Å². The van der Waals surface area contributed by atoms with Gasteiger partial charge in [0.15, 0.2) is 4.34 Å². The van der Waals surface area contributed by atoms with Crippen molar-refractivity contribution in [2.24, 2.45) is 0 Å². The lowest BCUT2D eigenvalue weighted by atomic mass is 10.3. The van der Waals surface area contributed by atoms with E-state index in [-0.39, 0.29) is 6.61 Å². The van der Waals surface area contributed by atoms with E-state index in [0.717, 1.165) is 20.3 Å². The fourth-order valence-corrected chi connectivity index (χ4v) is 2.83. The molecule has 5 heteroatoms. The fourth-order valence-electron chi connectivity index (χ4n) is 1.32. The van der Waals surface area contributed by atoms with Gasteiger partial charge in [-0.05, 0) is 24.5 Å². The molecule has 0 saturated heterocycles. The molecule has 16 heavy (non-hydrogen) atoms. The first-order valence-corrected chi connectivity index (χ1v) is 7.06. The van der Waals surface area contributed by atoms with Crippen LogP contribution in [0.4, 0.5) is 0 Å². The third kappa shape index (κ3) is 2.66. The number of aliphatic hydroxyl groups excluding tert-OH is 1. The first-order chi connectivity index (χ1) is 7.83. The second-order valence-corrected chi connectivity index (χ2v) is 5.32. The molecular weight excluding hydrogens is 242 g/mol. The predicted molar refractivity (Wildman–Crippen MR) is 68.6 cm³/mol. The maximum absolute atomic E-state index is 8.66. The van der Waals surface area contributed by atoms with E-state index in [1.54, 1.807) is 23.1 Å². The molecule has 1 aromatic heterocycles. The number of nitrogens with zero attached hydrogens (tertiary/aromatic N) is 1. The lowest BCUT2D eigenvalue weighted by Gasteiger charge is -2.03. The van der Waals surface area contributed by atoms with Gasteiger partial charge in [-0.15, -0.1) is 11.3 Å². The monoisotopic (exact) mass is 255 g/mol. The minimum Gasteiger partial charge on any atom is -0.493 e. The van der Waals surface area contributed by atoms with Gasteiger partial charge in [0.2, 0.25) is 0 Å². The highest BCUT2D eigenvalue weighted by molar-refractivity contribution is 8.00. The Kier molecular flexibility index (Phi) is 4.04. The standard InChI is InChI=1S/C11H13NO2S2/c1-15-11-12-9-4-3-8(7-10(9)16-11)14-6-2-5-13/h3-4,7,13H,2,5-6H2,1H3. The maximum atomic E-state index is 8.66. The molecule has 86 valence electrons. The van der Waals surface area contributed by atoms with Crippen LogP contribution in [0, 0.1) is 0 Å². The highest BCUT2D eigenvalue weighted by Crippen LogP contribution is 2.30. The Morgan fingerprint density at radius 3 is 3.12 bits per heavy atom. The van der Waals surface area contributed by atoms with Gasteiger partial charge in [0, 0.05) is 13.0 Å². The predicted octanol–water partition coefficient (Wildman–Crippen LogP) is 2.78. The summed E-state index contributed by atoms with van der Waals surface area (Å²) in [4.78, 5) is 4.45. The number of ether oxygens (including phenoxy) is 1. The Hall–Kier alpha value is -0.780. The van der Waals surface area contributed by atoms with Crippen molar-refractivity contribution < 1.29 is 9.84 Å². The largest absolute Gasteiger partial charge is 0.493 e. The van der Waals surface area contributed by atoms with Gasteiger partial charge in [-0.3, -0.25) is 0 Å². The number of thiazole rings is 1. The quantitative estimate of drug-likeness (QED) is 0.659. The Bertz CT molecular complexity index is 470. The van der Waals surface area contributed by atoms with Gasteiger partial charge in [0.25, 0.3) is 0 Å². The molecule has 0 bridgehead atoms. The van der Waals surface area contributed by atoms with Crippen LogP contribution in [-0.4, -0.2) is 29.6 Å². The molecule has 1 N–H and O–H groups in total. The first-order valence-electron chi connectivity index (χ1n) is 5.01. The average Bonchev–Trinajstić information content (AvgIpc) is 2.71. The summed E-state index contributed by atoms with van der Waals surface area (Å²) in [6.07, 6.45) is 2.69. The molecule has 3 nitrogen and oxygen atoms in total. The van der Waals surface area contributed by atoms with E-state index in [1.165, 1.54) is 0 Å². The zero-order chi connectivity index (χ0) is 11.4. The summed E-state index contributed by atoms with van der Waals surface area (Å²) in [5.41, 5.74) is 1.02. The van der Waals surface area contributed by atoms with E-state index in [2.05, 4.69) is 4.98 Å². The average molecular weight is 255 g/mol. The van der Waals surface area contributed by atoms with E-state index in [1.807, 2.05) is 24.5 Å². The summed E-state index contributed by atoms with van der Waals surface area (Å²) in [5.74, 6) is 0.845. The number of rotatable bonds is 5. The van der Waals surface area contributed by atoms with Crippen molar-refractivity contribution >= 4 is 33.3 Å². The second kappa shape index (κ2) is 5.52. The highest BCUT2D eigenvalue weighted by Gasteiger charge is 2.04. The van der Waals surface area contributed by atoms with E-state index in [9.17, 15) is 0 Å². The van der Waals surface area contributed by atoms with Crippen LogP contribution in [0.1, 0.15) is 6.42 Å². The van der Waals surface area contributed by atoms with Crippen molar-refractivity contribution in [1.29, 1.82) is 0 Å². The minimum atomic E-state index is 0.166. The molecule has 2 aromatic rings. The van der Waals surface area contributed by atoms with E-state index in [4.69, 9.17) is 9.84 Å². The summed E-state index contributed by atoms with van der Waals surface area (Å²) in [6, 6.07) is 5.90. The van der Waals surface area contributed by atoms with Crippen LogP contribution < -0.4 is 4.74 Å². The number of benzene rings is 1. The molecule has 1 heterocycles. The molecule has 2 rings (SSSR count). The number of aliphatic hydroxyl groups is 1. The fraction of sp³-hybridized carbons (Fsp3) is 0.364. The van der Waals surface area contributed by atoms with E-state index >= 15 is 0 Å².